The Labute approximate surface area is 99.3 Å². The summed E-state index contributed by atoms with van der Waals surface area (Å²) in [5, 5.41) is 11.4. The first-order valence-corrected chi connectivity index (χ1v) is 5.53. The molecule has 0 saturated heterocycles. The van der Waals surface area contributed by atoms with Crippen molar-refractivity contribution in [1.82, 2.24) is 5.32 Å². The SMILES string of the molecule is CC(C)(C)OC(=O)N[C@]1(C(=O)O)CCC(F)C1. The molecule has 1 fully saturated rings. The second-order valence-electron chi connectivity index (χ2n) is 5.35. The van der Waals surface area contributed by atoms with Gasteiger partial charge < -0.3 is 15.2 Å². The van der Waals surface area contributed by atoms with Crippen LogP contribution in [0.3, 0.4) is 0 Å². The lowest BCUT2D eigenvalue weighted by atomic mass is 9.98. The number of aliphatic carboxylic acids is 1. The van der Waals surface area contributed by atoms with Gasteiger partial charge in [-0.1, -0.05) is 0 Å². The van der Waals surface area contributed by atoms with Gasteiger partial charge in [0.2, 0.25) is 0 Å². The van der Waals surface area contributed by atoms with E-state index in [4.69, 9.17) is 9.84 Å². The minimum Gasteiger partial charge on any atom is -0.480 e. The Balaban J connectivity index is 2.69. The Morgan fingerprint density at radius 2 is 2.06 bits per heavy atom. The van der Waals surface area contributed by atoms with Crippen LogP contribution in [-0.2, 0) is 9.53 Å². The molecule has 98 valence electrons. The van der Waals surface area contributed by atoms with Gasteiger partial charge in [0.25, 0.3) is 0 Å². The first-order valence-electron chi connectivity index (χ1n) is 5.53. The van der Waals surface area contributed by atoms with Crippen LogP contribution in [0.2, 0.25) is 0 Å². The second kappa shape index (κ2) is 4.50. The molecule has 2 N–H and O–H groups in total. The standard InChI is InChI=1S/C11H18FNO4/c1-10(2,3)17-9(16)13-11(8(14)15)5-4-7(12)6-11/h7H,4-6H2,1-3H3,(H,13,16)(H,14,15)/t7?,11-/m1/s1. The van der Waals surface area contributed by atoms with Crippen molar-refractivity contribution in [3.63, 3.8) is 0 Å². The topological polar surface area (TPSA) is 75.6 Å². The van der Waals surface area contributed by atoms with Crippen LogP contribution in [0.5, 0.6) is 0 Å². The minimum atomic E-state index is -1.53. The van der Waals surface area contributed by atoms with Crippen molar-refractivity contribution in [2.45, 2.75) is 57.3 Å². The molecule has 0 spiro atoms. The summed E-state index contributed by atoms with van der Waals surface area (Å²) in [6, 6.07) is 0. The number of alkyl carbamates (subject to hydrolysis) is 1. The fraction of sp³-hybridized carbons (Fsp3) is 0.818. The largest absolute Gasteiger partial charge is 0.480 e. The van der Waals surface area contributed by atoms with Crippen molar-refractivity contribution in [3.05, 3.63) is 0 Å². The van der Waals surface area contributed by atoms with E-state index in [1.165, 1.54) is 0 Å². The zero-order valence-electron chi connectivity index (χ0n) is 10.2. The van der Waals surface area contributed by atoms with E-state index in [0.717, 1.165) is 0 Å². The molecule has 1 aliphatic carbocycles. The summed E-state index contributed by atoms with van der Waals surface area (Å²) in [4.78, 5) is 22.6. The molecule has 6 heteroatoms. The molecule has 0 aromatic heterocycles. The summed E-state index contributed by atoms with van der Waals surface area (Å²) in [7, 11) is 0. The van der Waals surface area contributed by atoms with Crippen LogP contribution < -0.4 is 5.32 Å². The van der Waals surface area contributed by atoms with Gasteiger partial charge >= 0.3 is 12.1 Å². The Morgan fingerprint density at radius 3 is 2.41 bits per heavy atom. The summed E-state index contributed by atoms with van der Waals surface area (Å²) in [6.45, 7) is 5.02. The zero-order valence-corrected chi connectivity index (χ0v) is 10.2. The maximum Gasteiger partial charge on any atom is 0.408 e. The minimum absolute atomic E-state index is 0.0861. The van der Waals surface area contributed by atoms with E-state index in [1.807, 2.05) is 0 Å². The molecule has 1 rings (SSSR count). The summed E-state index contributed by atoms with van der Waals surface area (Å²) >= 11 is 0. The molecule has 5 nitrogen and oxygen atoms in total. The average Bonchev–Trinajstić information content (AvgIpc) is 2.44. The molecule has 0 aromatic rings. The van der Waals surface area contributed by atoms with E-state index < -0.39 is 29.4 Å². The molecule has 2 atom stereocenters. The van der Waals surface area contributed by atoms with E-state index in [1.54, 1.807) is 20.8 Å². The molecule has 0 radical (unpaired) electrons. The fourth-order valence-corrected chi connectivity index (χ4v) is 1.85. The molecule has 0 bridgehead atoms. The van der Waals surface area contributed by atoms with Crippen molar-refractivity contribution in [2.75, 3.05) is 0 Å². The summed E-state index contributed by atoms with van der Waals surface area (Å²) in [6.07, 6.45) is -2.00. The highest BCUT2D eigenvalue weighted by molar-refractivity contribution is 5.84. The summed E-state index contributed by atoms with van der Waals surface area (Å²) in [5.41, 5.74) is -2.24. The van der Waals surface area contributed by atoms with Gasteiger partial charge in [-0.05, 0) is 33.6 Å². The van der Waals surface area contributed by atoms with Crippen molar-refractivity contribution >= 4 is 12.1 Å². The number of hydrogen-bond donors (Lipinski definition) is 2. The van der Waals surface area contributed by atoms with Crippen molar-refractivity contribution < 1.29 is 23.8 Å². The van der Waals surface area contributed by atoms with Crippen LogP contribution in [-0.4, -0.2) is 34.5 Å². The van der Waals surface area contributed by atoms with Crippen LogP contribution in [0.25, 0.3) is 0 Å². The summed E-state index contributed by atoms with van der Waals surface area (Å²) in [5.74, 6) is -1.22. The lowest BCUT2D eigenvalue weighted by Crippen LogP contribution is -2.54. The van der Waals surface area contributed by atoms with Gasteiger partial charge in [0.15, 0.2) is 0 Å². The molecule has 0 aliphatic heterocycles. The van der Waals surface area contributed by atoms with Gasteiger partial charge in [-0.2, -0.15) is 0 Å². The molecular weight excluding hydrogens is 229 g/mol. The maximum absolute atomic E-state index is 13.1. The Morgan fingerprint density at radius 1 is 1.47 bits per heavy atom. The predicted molar refractivity (Wildman–Crippen MR) is 58.5 cm³/mol. The monoisotopic (exact) mass is 247 g/mol. The molecular formula is C11H18FNO4. The van der Waals surface area contributed by atoms with E-state index in [-0.39, 0.29) is 19.3 Å². The highest BCUT2D eigenvalue weighted by atomic mass is 19.1. The van der Waals surface area contributed by atoms with Crippen LogP contribution >= 0.6 is 0 Å². The van der Waals surface area contributed by atoms with Crippen molar-refractivity contribution in [1.29, 1.82) is 0 Å². The molecule has 0 heterocycles. The fourth-order valence-electron chi connectivity index (χ4n) is 1.85. The quantitative estimate of drug-likeness (QED) is 0.780. The van der Waals surface area contributed by atoms with Crippen LogP contribution in [0.4, 0.5) is 9.18 Å². The van der Waals surface area contributed by atoms with Gasteiger partial charge in [-0.3, -0.25) is 0 Å². The van der Waals surface area contributed by atoms with E-state index >= 15 is 0 Å². The van der Waals surface area contributed by atoms with Crippen molar-refractivity contribution in [3.8, 4) is 0 Å². The second-order valence-corrected chi connectivity index (χ2v) is 5.35. The molecule has 1 unspecified atom stereocenters. The molecule has 17 heavy (non-hydrogen) atoms. The lowest BCUT2D eigenvalue weighted by molar-refractivity contribution is -0.144. The third-order valence-electron chi connectivity index (χ3n) is 2.60. The number of alkyl halides is 1. The van der Waals surface area contributed by atoms with Gasteiger partial charge in [-0.25, -0.2) is 14.0 Å². The highest BCUT2D eigenvalue weighted by Gasteiger charge is 2.47. The van der Waals surface area contributed by atoms with Crippen LogP contribution in [0.15, 0.2) is 0 Å². The molecule has 0 aromatic carbocycles. The third-order valence-corrected chi connectivity index (χ3v) is 2.60. The van der Waals surface area contributed by atoms with Gasteiger partial charge in [-0.15, -0.1) is 0 Å². The molecule has 1 aliphatic rings. The maximum atomic E-state index is 13.1. The number of halogens is 1. The number of carboxylic acid groups (broad SMARTS) is 1. The Hall–Kier alpha value is -1.33. The number of carbonyl (C=O) groups excluding carboxylic acids is 1. The number of rotatable bonds is 2. The molecule has 1 amide bonds. The number of carboxylic acids is 1. The van der Waals surface area contributed by atoms with Gasteiger partial charge in [0, 0.05) is 6.42 Å². The normalized spacial score (nSPS) is 28.8. The number of ether oxygens (including phenoxy) is 1. The first-order chi connectivity index (χ1) is 7.65. The highest BCUT2D eigenvalue weighted by Crippen LogP contribution is 2.32. The third kappa shape index (κ3) is 3.57. The Kier molecular flexibility index (Phi) is 3.64. The number of carbonyl (C=O) groups is 2. The van der Waals surface area contributed by atoms with Crippen LogP contribution in [0.1, 0.15) is 40.0 Å². The average molecular weight is 247 g/mol. The molecule has 1 saturated carbocycles. The lowest BCUT2D eigenvalue weighted by Gasteiger charge is -2.27. The van der Waals surface area contributed by atoms with Crippen molar-refractivity contribution in [2.24, 2.45) is 0 Å². The van der Waals surface area contributed by atoms with Crippen LogP contribution in [0, 0.1) is 0 Å². The van der Waals surface area contributed by atoms with E-state index in [0.29, 0.717) is 0 Å². The smallest absolute Gasteiger partial charge is 0.408 e. The van der Waals surface area contributed by atoms with E-state index in [9.17, 15) is 14.0 Å². The van der Waals surface area contributed by atoms with E-state index in [2.05, 4.69) is 5.32 Å². The number of amides is 1. The Bertz CT molecular complexity index is 326. The summed E-state index contributed by atoms with van der Waals surface area (Å²) < 4.78 is 18.1. The first kappa shape index (κ1) is 13.7. The van der Waals surface area contributed by atoms with Gasteiger partial charge in [0.05, 0.1) is 0 Å². The number of nitrogens with one attached hydrogen (secondary N) is 1. The van der Waals surface area contributed by atoms with Gasteiger partial charge in [0.1, 0.15) is 17.3 Å². The predicted octanol–water partition coefficient (Wildman–Crippen LogP) is 1.86. The zero-order chi connectivity index (χ0) is 13.3. The number of hydrogen-bond acceptors (Lipinski definition) is 3.